The highest BCUT2D eigenvalue weighted by Crippen LogP contribution is 2.18. The van der Waals surface area contributed by atoms with Gasteiger partial charge in [0.25, 0.3) is 5.56 Å². The molecule has 0 saturated carbocycles. The third-order valence-electron chi connectivity index (χ3n) is 6.20. The minimum absolute atomic E-state index is 0.0436. The van der Waals surface area contributed by atoms with Crippen molar-refractivity contribution in [2.45, 2.75) is 53.5 Å². The zero-order chi connectivity index (χ0) is 24.8. The number of Topliss-reactive ketones (excluding diaryl/α,β-unsaturated/α-hetero) is 1. The van der Waals surface area contributed by atoms with Crippen molar-refractivity contribution in [1.29, 1.82) is 5.26 Å². The van der Waals surface area contributed by atoms with Crippen molar-refractivity contribution in [3.8, 4) is 6.07 Å². The molecule has 2 heterocycles. The zero-order valence-electron chi connectivity index (χ0n) is 20.0. The summed E-state index contributed by atoms with van der Waals surface area (Å²) in [6.45, 7) is 7.73. The topological polar surface area (TPSA) is 105 Å². The number of ether oxygens (including phenoxy) is 1. The fraction of sp³-hybridized carbons (Fsp3) is 0.333. The van der Waals surface area contributed by atoms with Crippen LogP contribution in [0.2, 0.25) is 0 Å². The lowest BCUT2D eigenvalue weighted by Gasteiger charge is -2.11. The van der Waals surface area contributed by atoms with E-state index < -0.39 is 11.5 Å². The molecule has 0 aliphatic rings. The first-order valence-electron chi connectivity index (χ1n) is 11.2. The third kappa shape index (κ3) is 5.52. The van der Waals surface area contributed by atoms with E-state index in [0.29, 0.717) is 23.2 Å². The van der Waals surface area contributed by atoms with Gasteiger partial charge in [-0.05, 0) is 63.3 Å². The molecular weight excluding hydrogens is 430 g/mol. The van der Waals surface area contributed by atoms with Crippen LogP contribution in [0.15, 0.2) is 41.2 Å². The molecule has 0 atom stereocenters. The summed E-state index contributed by atoms with van der Waals surface area (Å²) < 4.78 is 7.35. The van der Waals surface area contributed by atoms with Gasteiger partial charge >= 0.3 is 5.97 Å². The van der Waals surface area contributed by atoms with Crippen LogP contribution in [0.5, 0.6) is 0 Å². The van der Waals surface area contributed by atoms with Crippen LogP contribution in [0, 0.1) is 39.0 Å². The molecule has 0 spiro atoms. The van der Waals surface area contributed by atoms with E-state index in [-0.39, 0.29) is 24.4 Å². The highest BCUT2D eigenvalue weighted by Gasteiger charge is 2.18. The Hall–Kier alpha value is -3.92. The molecule has 0 aliphatic heterocycles. The summed E-state index contributed by atoms with van der Waals surface area (Å²) in [5.41, 5.74) is 5.17. The van der Waals surface area contributed by atoms with Gasteiger partial charge < -0.3 is 14.3 Å². The number of nitriles is 1. The number of esters is 1. The van der Waals surface area contributed by atoms with Crippen LogP contribution in [0.25, 0.3) is 0 Å². The number of rotatable bonds is 9. The largest absolute Gasteiger partial charge is 0.457 e. The van der Waals surface area contributed by atoms with Gasteiger partial charge in [-0.2, -0.15) is 5.26 Å². The molecule has 2 aromatic heterocycles. The summed E-state index contributed by atoms with van der Waals surface area (Å²) in [6, 6.07) is 13.9. The summed E-state index contributed by atoms with van der Waals surface area (Å²) in [5, 5.41) is 9.18. The molecule has 7 heteroatoms. The van der Waals surface area contributed by atoms with E-state index in [0.717, 1.165) is 29.9 Å². The van der Waals surface area contributed by atoms with Crippen LogP contribution in [-0.4, -0.2) is 27.9 Å². The molecule has 34 heavy (non-hydrogen) atoms. The smallest absolute Gasteiger partial charge is 0.306 e. The van der Waals surface area contributed by atoms with Crippen molar-refractivity contribution in [3.05, 3.63) is 91.7 Å². The summed E-state index contributed by atoms with van der Waals surface area (Å²) in [6.07, 6.45) is 1.21. The van der Waals surface area contributed by atoms with Gasteiger partial charge in [-0.25, -0.2) is 0 Å². The number of pyridine rings is 1. The highest BCUT2D eigenvalue weighted by molar-refractivity contribution is 5.99. The molecule has 0 saturated heterocycles. The minimum Gasteiger partial charge on any atom is -0.457 e. The number of ketones is 1. The fourth-order valence-electron chi connectivity index (χ4n) is 4.26. The number of nitrogens with zero attached hydrogens (tertiary/aromatic N) is 2. The zero-order valence-corrected chi connectivity index (χ0v) is 20.0. The van der Waals surface area contributed by atoms with Crippen molar-refractivity contribution in [1.82, 2.24) is 9.55 Å². The monoisotopic (exact) mass is 459 g/mol. The van der Waals surface area contributed by atoms with Crippen LogP contribution in [0.1, 0.15) is 56.1 Å². The lowest BCUT2D eigenvalue weighted by atomic mass is 9.99. The van der Waals surface area contributed by atoms with E-state index in [4.69, 9.17) is 4.74 Å². The van der Waals surface area contributed by atoms with Crippen LogP contribution in [0.4, 0.5) is 0 Å². The molecule has 0 bridgehead atoms. The molecule has 1 N–H and O–H groups in total. The van der Waals surface area contributed by atoms with Gasteiger partial charge in [0.15, 0.2) is 6.61 Å². The second kappa shape index (κ2) is 10.8. The van der Waals surface area contributed by atoms with Crippen molar-refractivity contribution in [3.63, 3.8) is 0 Å². The average Bonchev–Trinajstić information content (AvgIpc) is 3.09. The molecule has 0 amide bonds. The Morgan fingerprint density at radius 3 is 2.47 bits per heavy atom. The molecular formula is C27H29N3O4. The predicted octanol–water partition coefficient (Wildman–Crippen LogP) is 3.88. The maximum absolute atomic E-state index is 12.7. The summed E-state index contributed by atoms with van der Waals surface area (Å²) in [4.78, 5) is 39.5. The summed E-state index contributed by atoms with van der Waals surface area (Å²) in [7, 11) is 0. The van der Waals surface area contributed by atoms with Gasteiger partial charge in [-0.15, -0.1) is 0 Å². The van der Waals surface area contributed by atoms with Gasteiger partial charge in [-0.1, -0.05) is 30.3 Å². The van der Waals surface area contributed by atoms with Crippen LogP contribution in [-0.2, 0) is 28.9 Å². The van der Waals surface area contributed by atoms with E-state index in [1.54, 1.807) is 13.8 Å². The molecule has 0 unspecified atom stereocenters. The number of aromatic amines is 1. The Bertz CT molecular complexity index is 1310. The molecule has 0 fully saturated rings. The molecule has 3 aromatic rings. The van der Waals surface area contributed by atoms with Gasteiger partial charge in [-0.3, -0.25) is 14.4 Å². The molecule has 3 rings (SSSR count). The van der Waals surface area contributed by atoms with E-state index in [2.05, 4.69) is 21.7 Å². The normalized spacial score (nSPS) is 10.7. The van der Waals surface area contributed by atoms with Crippen molar-refractivity contribution in [2.75, 3.05) is 6.61 Å². The second-order valence-electron chi connectivity index (χ2n) is 8.43. The SMILES string of the molecule is Cc1[nH]c(=O)c(C#N)c(C)c1CCC(=O)OCC(=O)c1cc(C)n(CCc2ccccc2)c1C. The maximum Gasteiger partial charge on any atom is 0.306 e. The number of hydrogen-bond acceptors (Lipinski definition) is 5. The van der Waals surface area contributed by atoms with E-state index >= 15 is 0 Å². The fourth-order valence-corrected chi connectivity index (χ4v) is 4.26. The molecule has 1 aromatic carbocycles. The lowest BCUT2D eigenvalue weighted by Crippen LogP contribution is -2.18. The molecule has 7 nitrogen and oxygen atoms in total. The predicted molar refractivity (Wildman–Crippen MR) is 129 cm³/mol. The Balaban J connectivity index is 1.58. The quantitative estimate of drug-likeness (QED) is 0.386. The lowest BCUT2D eigenvalue weighted by molar-refractivity contribution is -0.142. The van der Waals surface area contributed by atoms with Gasteiger partial charge in [0.1, 0.15) is 11.6 Å². The van der Waals surface area contributed by atoms with E-state index in [1.807, 2.05) is 44.2 Å². The standard InChI is InChI=1S/C27H29N3O4/c1-17-14-23(20(4)30(17)13-12-21-8-6-5-7-9-21)25(31)16-34-26(32)11-10-22-18(2)24(15-28)27(33)29-19(22)3/h5-9,14H,10-13,16H2,1-4H3,(H,29,33). The third-order valence-corrected chi connectivity index (χ3v) is 6.20. The number of hydrogen-bond donors (Lipinski definition) is 1. The number of aryl methyl sites for hydroxylation is 3. The molecule has 0 aliphatic carbocycles. The van der Waals surface area contributed by atoms with Crippen LogP contribution >= 0.6 is 0 Å². The van der Waals surface area contributed by atoms with Crippen molar-refractivity contribution in [2.24, 2.45) is 0 Å². The minimum atomic E-state index is -0.505. The number of aromatic nitrogens is 2. The maximum atomic E-state index is 12.7. The Labute approximate surface area is 199 Å². The van der Waals surface area contributed by atoms with E-state index in [9.17, 15) is 19.6 Å². The molecule has 0 radical (unpaired) electrons. The van der Waals surface area contributed by atoms with Crippen molar-refractivity contribution < 1.29 is 14.3 Å². The highest BCUT2D eigenvalue weighted by atomic mass is 16.5. The summed E-state index contributed by atoms with van der Waals surface area (Å²) in [5.74, 6) is -0.745. The van der Waals surface area contributed by atoms with Gasteiger partial charge in [0, 0.05) is 35.6 Å². The Kier molecular flexibility index (Phi) is 7.85. The van der Waals surface area contributed by atoms with Crippen molar-refractivity contribution >= 4 is 11.8 Å². The number of carbonyl (C=O) groups is 2. The van der Waals surface area contributed by atoms with Crippen LogP contribution < -0.4 is 5.56 Å². The average molecular weight is 460 g/mol. The van der Waals surface area contributed by atoms with Gasteiger partial charge in [0.05, 0.1) is 0 Å². The first kappa shape index (κ1) is 24.7. The summed E-state index contributed by atoms with van der Waals surface area (Å²) >= 11 is 0. The first-order chi connectivity index (χ1) is 16.2. The number of carbonyl (C=O) groups excluding carboxylic acids is 2. The Morgan fingerprint density at radius 2 is 1.79 bits per heavy atom. The molecule has 176 valence electrons. The number of benzene rings is 1. The Morgan fingerprint density at radius 1 is 1.09 bits per heavy atom. The van der Waals surface area contributed by atoms with Crippen LogP contribution in [0.3, 0.4) is 0 Å². The number of nitrogens with one attached hydrogen (secondary N) is 1. The van der Waals surface area contributed by atoms with E-state index in [1.165, 1.54) is 5.56 Å². The first-order valence-corrected chi connectivity index (χ1v) is 11.2. The number of H-pyrrole nitrogens is 1. The second-order valence-corrected chi connectivity index (χ2v) is 8.43. The van der Waals surface area contributed by atoms with Gasteiger partial charge in [0.2, 0.25) is 5.78 Å².